The van der Waals surface area contributed by atoms with Crippen LogP contribution < -0.4 is 4.74 Å². The van der Waals surface area contributed by atoms with Crippen LogP contribution in [0.4, 0.5) is 0 Å². The van der Waals surface area contributed by atoms with E-state index in [1.807, 2.05) is 33.8 Å². The van der Waals surface area contributed by atoms with Crippen molar-refractivity contribution >= 4 is 17.4 Å². The predicted molar refractivity (Wildman–Crippen MR) is 119 cm³/mol. The third-order valence-electron chi connectivity index (χ3n) is 5.51. The summed E-state index contributed by atoms with van der Waals surface area (Å²) in [6.45, 7) is 8.40. The van der Waals surface area contributed by atoms with Crippen LogP contribution in [0.3, 0.4) is 0 Å². The first kappa shape index (κ1) is 22.4. The highest BCUT2D eigenvalue weighted by Gasteiger charge is 2.46. The third kappa shape index (κ3) is 4.15. The number of aliphatic hydroxyl groups excluding tert-OH is 1. The molecule has 1 unspecified atom stereocenters. The summed E-state index contributed by atoms with van der Waals surface area (Å²) in [5.74, 6) is -1.27. The topological polar surface area (TPSA) is 87.1 Å². The van der Waals surface area contributed by atoms with Gasteiger partial charge in [-0.3, -0.25) is 9.59 Å². The molecule has 164 valence electrons. The summed E-state index contributed by atoms with van der Waals surface area (Å²) >= 11 is 0. The molecule has 0 bridgehead atoms. The highest BCUT2D eigenvalue weighted by Crippen LogP contribution is 2.42. The van der Waals surface area contributed by atoms with Crippen molar-refractivity contribution in [2.45, 2.75) is 45.6 Å². The van der Waals surface area contributed by atoms with Gasteiger partial charge in [-0.15, -0.1) is 0 Å². The molecule has 31 heavy (non-hydrogen) atoms. The van der Waals surface area contributed by atoms with Crippen molar-refractivity contribution in [3.05, 3.63) is 64.7 Å². The van der Waals surface area contributed by atoms with Gasteiger partial charge in [0.2, 0.25) is 0 Å². The van der Waals surface area contributed by atoms with Gasteiger partial charge in [-0.2, -0.15) is 0 Å². The fraction of sp³-hybridized carbons (Fsp3) is 0.360. The SMILES string of the molecule is CCCN1C(=O)C(=O)/C(=C(/O)c2cc(C(C)(C)C)ccc2OC)C1c1cccc(O)c1. The van der Waals surface area contributed by atoms with Gasteiger partial charge in [0, 0.05) is 6.54 Å². The van der Waals surface area contributed by atoms with E-state index in [4.69, 9.17) is 4.74 Å². The Labute approximate surface area is 182 Å². The van der Waals surface area contributed by atoms with Gasteiger partial charge in [0.15, 0.2) is 0 Å². The zero-order valence-corrected chi connectivity index (χ0v) is 18.6. The molecule has 1 amide bonds. The van der Waals surface area contributed by atoms with E-state index in [-0.39, 0.29) is 22.5 Å². The lowest BCUT2D eigenvalue weighted by molar-refractivity contribution is -0.139. The number of carbonyl (C=O) groups excluding carboxylic acids is 2. The molecule has 0 radical (unpaired) electrons. The Morgan fingerprint density at radius 1 is 1.13 bits per heavy atom. The number of amides is 1. The second-order valence-electron chi connectivity index (χ2n) is 8.75. The van der Waals surface area contributed by atoms with Crippen molar-refractivity contribution in [1.82, 2.24) is 4.90 Å². The smallest absolute Gasteiger partial charge is 0.295 e. The van der Waals surface area contributed by atoms with Crippen LogP contribution in [0, 0.1) is 0 Å². The molecular weight excluding hydrogens is 394 g/mol. The van der Waals surface area contributed by atoms with Crippen LogP contribution in [0.25, 0.3) is 5.76 Å². The number of phenolic OH excluding ortho intramolecular Hbond substituents is 1. The zero-order valence-electron chi connectivity index (χ0n) is 18.6. The normalized spacial score (nSPS) is 18.5. The van der Waals surface area contributed by atoms with Crippen LogP contribution in [-0.2, 0) is 15.0 Å². The lowest BCUT2D eigenvalue weighted by Gasteiger charge is -2.25. The molecule has 0 spiro atoms. The van der Waals surface area contributed by atoms with Gasteiger partial charge in [-0.1, -0.05) is 45.9 Å². The van der Waals surface area contributed by atoms with Crippen molar-refractivity contribution in [2.24, 2.45) is 0 Å². The average Bonchev–Trinajstić information content (AvgIpc) is 2.97. The molecule has 0 aromatic heterocycles. The van der Waals surface area contributed by atoms with Gasteiger partial charge in [0.05, 0.1) is 24.3 Å². The van der Waals surface area contributed by atoms with Crippen LogP contribution >= 0.6 is 0 Å². The molecule has 1 heterocycles. The number of aromatic hydroxyl groups is 1. The monoisotopic (exact) mass is 423 g/mol. The summed E-state index contributed by atoms with van der Waals surface area (Å²) in [6, 6.07) is 11.1. The van der Waals surface area contributed by atoms with E-state index in [1.54, 1.807) is 24.3 Å². The van der Waals surface area contributed by atoms with Gasteiger partial charge < -0.3 is 19.8 Å². The first-order chi connectivity index (χ1) is 14.6. The van der Waals surface area contributed by atoms with Gasteiger partial charge >= 0.3 is 0 Å². The van der Waals surface area contributed by atoms with Gasteiger partial charge in [0.1, 0.15) is 17.3 Å². The number of ether oxygens (including phenoxy) is 1. The molecule has 1 atom stereocenters. The third-order valence-corrected chi connectivity index (χ3v) is 5.51. The summed E-state index contributed by atoms with van der Waals surface area (Å²) in [6.07, 6.45) is 0.644. The van der Waals surface area contributed by atoms with Crippen LogP contribution in [0.15, 0.2) is 48.0 Å². The average molecular weight is 424 g/mol. The Morgan fingerprint density at radius 2 is 1.84 bits per heavy atom. The number of phenols is 1. The molecule has 1 saturated heterocycles. The molecule has 2 N–H and O–H groups in total. The Morgan fingerprint density at radius 3 is 2.42 bits per heavy atom. The number of hydrogen-bond donors (Lipinski definition) is 2. The number of methoxy groups -OCH3 is 1. The minimum atomic E-state index is -0.796. The maximum Gasteiger partial charge on any atom is 0.295 e. The Hall–Kier alpha value is -3.28. The maximum atomic E-state index is 13.0. The van der Waals surface area contributed by atoms with Crippen molar-refractivity contribution in [1.29, 1.82) is 0 Å². The Balaban J connectivity index is 2.28. The quantitative estimate of drug-likeness (QED) is 0.419. The highest BCUT2D eigenvalue weighted by molar-refractivity contribution is 6.46. The summed E-state index contributed by atoms with van der Waals surface area (Å²) in [7, 11) is 1.49. The summed E-state index contributed by atoms with van der Waals surface area (Å²) < 4.78 is 5.45. The minimum absolute atomic E-state index is 0.00610. The van der Waals surface area contributed by atoms with E-state index in [0.29, 0.717) is 29.8 Å². The standard InChI is InChI=1S/C25H29NO5/c1-6-12-26-21(15-8-7-9-17(27)13-15)20(23(29)24(26)30)22(28)18-14-16(25(2,3)4)10-11-19(18)31-5/h7-11,13-14,21,27-28H,6,12H2,1-5H3/b22-20+. The number of carbonyl (C=O) groups is 2. The minimum Gasteiger partial charge on any atom is -0.508 e. The Bertz CT molecular complexity index is 1050. The molecule has 2 aromatic rings. The summed E-state index contributed by atoms with van der Waals surface area (Å²) in [4.78, 5) is 27.3. The highest BCUT2D eigenvalue weighted by atomic mass is 16.5. The van der Waals surface area contributed by atoms with E-state index in [1.165, 1.54) is 24.1 Å². The van der Waals surface area contributed by atoms with Crippen molar-refractivity contribution < 1.29 is 24.5 Å². The fourth-order valence-corrected chi connectivity index (χ4v) is 3.90. The largest absolute Gasteiger partial charge is 0.508 e. The van der Waals surface area contributed by atoms with Crippen LogP contribution in [0.5, 0.6) is 11.5 Å². The first-order valence-electron chi connectivity index (χ1n) is 10.4. The van der Waals surface area contributed by atoms with Gasteiger partial charge in [0.25, 0.3) is 11.7 Å². The lowest BCUT2D eigenvalue weighted by atomic mass is 9.85. The lowest BCUT2D eigenvalue weighted by Crippen LogP contribution is -2.30. The maximum absolute atomic E-state index is 13.0. The van der Waals surface area contributed by atoms with Gasteiger partial charge in [-0.25, -0.2) is 0 Å². The molecule has 6 nitrogen and oxygen atoms in total. The molecule has 1 fully saturated rings. The second kappa shape index (κ2) is 8.46. The number of ketones is 1. The summed E-state index contributed by atoms with van der Waals surface area (Å²) in [5.41, 5.74) is 1.66. The molecule has 3 rings (SSSR count). The van der Waals surface area contributed by atoms with Crippen LogP contribution in [0.1, 0.15) is 56.8 Å². The fourth-order valence-electron chi connectivity index (χ4n) is 3.90. The number of benzene rings is 2. The first-order valence-corrected chi connectivity index (χ1v) is 10.4. The van der Waals surface area contributed by atoms with E-state index >= 15 is 0 Å². The molecule has 0 saturated carbocycles. The Kier molecular flexibility index (Phi) is 6.11. The predicted octanol–water partition coefficient (Wildman–Crippen LogP) is 4.53. The van der Waals surface area contributed by atoms with Crippen molar-refractivity contribution in [3.63, 3.8) is 0 Å². The van der Waals surface area contributed by atoms with Crippen LogP contribution in [-0.4, -0.2) is 40.5 Å². The molecule has 1 aliphatic rings. The zero-order chi connectivity index (χ0) is 22.9. The van der Waals surface area contributed by atoms with E-state index in [2.05, 4.69) is 0 Å². The second-order valence-corrected chi connectivity index (χ2v) is 8.75. The van der Waals surface area contributed by atoms with Gasteiger partial charge in [-0.05, 0) is 47.2 Å². The van der Waals surface area contributed by atoms with Crippen molar-refractivity contribution in [3.8, 4) is 11.5 Å². The number of Topliss-reactive ketones (excluding diaryl/α,β-unsaturated/α-hetero) is 1. The molecule has 1 aliphatic heterocycles. The number of hydrogen-bond acceptors (Lipinski definition) is 5. The van der Waals surface area contributed by atoms with E-state index in [0.717, 1.165) is 5.56 Å². The number of rotatable bonds is 5. The number of nitrogens with zero attached hydrogens (tertiary/aromatic N) is 1. The molecular formula is C25H29NO5. The molecule has 0 aliphatic carbocycles. The molecule has 2 aromatic carbocycles. The van der Waals surface area contributed by atoms with Crippen molar-refractivity contribution in [2.75, 3.05) is 13.7 Å². The number of aliphatic hydroxyl groups is 1. The van der Waals surface area contributed by atoms with E-state index in [9.17, 15) is 19.8 Å². The van der Waals surface area contributed by atoms with Crippen LogP contribution in [0.2, 0.25) is 0 Å². The van der Waals surface area contributed by atoms with E-state index < -0.39 is 17.7 Å². The summed E-state index contributed by atoms with van der Waals surface area (Å²) in [5, 5.41) is 21.3. The molecule has 6 heteroatoms. The number of likely N-dealkylation sites (tertiary alicyclic amines) is 1.